The molecule has 0 saturated carbocycles. The van der Waals surface area contributed by atoms with E-state index in [1.807, 2.05) is 28.8 Å². The number of anilines is 1. The van der Waals surface area contributed by atoms with Gasteiger partial charge < -0.3 is 14.8 Å². The zero-order chi connectivity index (χ0) is 19.7. The third-order valence-corrected chi connectivity index (χ3v) is 4.74. The summed E-state index contributed by atoms with van der Waals surface area (Å²) in [7, 11) is 1.54. The number of benzene rings is 2. The number of nitrogens with zero attached hydrogens (tertiary/aromatic N) is 2. The third-order valence-electron chi connectivity index (χ3n) is 4.74. The Kier molecular flexibility index (Phi) is 4.83. The van der Waals surface area contributed by atoms with Gasteiger partial charge in [-0.05, 0) is 36.8 Å². The van der Waals surface area contributed by atoms with Gasteiger partial charge in [-0.2, -0.15) is 0 Å². The van der Waals surface area contributed by atoms with E-state index in [1.165, 1.54) is 12.1 Å². The first-order valence-electron chi connectivity index (χ1n) is 8.96. The van der Waals surface area contributed by atoms with Crippen LogP contribution in [0.1, 0.15) is 18.5 Å². The molecular formula is C21H20FN3O3. The molecule has 1 aliphatic rings. The van der Waals surface area contributed by atoms with Crippen LogP contribution in [0.25, 0.3) is 11.0 Å². The van der Waals surface area contributed by atoms with Crippen molar-refractivity contribution in [3.8, 4) is 0 Å². The predicted molar refractivity (Wildman–Crippen MR) is 103 cm³/mol. The van der Waals surface area contributed by atoms with Gasteiger partial charge in [-0.15, -0.1) is 0 Å². The number of esters is 1. The van der Waals surface area contributed by atoms with E-state index in [4.69, 9.17) is 9.47 Å². The van der Waals surface area contributed by atoms with Gasteiger partial charge in [-0.25, -0.2) is 14.2 Å². The Bertz CT molecular complexity index is 1070. The van der Waals surface area contributed by atoms with E-state index >= 15 is 0 Å². The quantitative estimate of drug-likeness (QED) is 0.540. The Hall–Kier alpha value is -3.19. The fourth-order valence-corrected chi connectivity index (χ4v) is 3.52. The number of methoxy groups -OCH3 is 1. The lowest BCUT2D eigenvalue weighted by molar-refractivity contribution is -0.140. The number of ether oxygens (including phenoxy) is 2. The first kappa shape index (κ1) is 18.2. The smallest absolute Gasteiger partial charge is 0.338 e. The standard InChI is InChI=1S/C21H20FN3O3/c1-13-18(20(26)28-11-10-27-2)19(14-6-5-7-15(22)12-14)25-17-9-4-3-8-16(17)24-21(25)23-13/h3-9,12,19H,10-11H2,1-2H3,(H,23,24)/t19-/m1/s1. The van der Waals surface area contributed by atoms with E-state index in [0.29, 0.717) is 29.4 Å². The lowest BCUT2D eigenvalue weighted by Gasteiger charge is -2.30. The number of fused-ring (bicyclic) bond motifs is 3. The summed E-state index contributed by atoms with van der Waals surface area (Å²) in [5.74, 6) is -0.243. The highest BCUT2D eigenvalue weighted by atomic mass is 19.1. The summed E-state index contributed by atoms with van der Waals surface area (Å²) in [6.07, 6.45) is 0. The lowest BCUT2D eigenvalue weighted by Crippen LogP contribution is -2.29. The van der Waals surface area contributed by atoms with Gasteiger partial charge in [0.25, 0.3) is 0 Å². The molecule has 2 heterocycles. The van der Waals surface area contributed by atoms with E-state index in [1.54, 1.807) is 26.2 Å². The molecule has 1 aliphatic heterocycles. The van der Waals surface area contributed by atoms with Crippen molar-refractivity contribution in [3.05, 3.63) is 71.2 Å². The summed E-state index contributed by atoms with van der Waals surface area (Å²) >= 11 is 0. The summed E-state index contributed by atoms with van der Waals surface area (Å²) in [6.45, 7) is 2.23. The molecule has 7 heteroatoms. The molecule has 144 valence electrons. The molecule has 6 nitrogen and oxygen atoms in total. The summed E-state index contributed by atoms with van der Waals surface area (Å²) in [6, 6.07) is 13.3. The molecule has 0 unspecified atom stereocenters. The third kappa shape index (κ3) is 3.14. The average Bonchev–Trinajstić information content (AvgIpc) is 3.04. The van der Waals surface area contributed by atoms with Crippen LogP contribution >= 0.6 is 0 Å². The Morgan fingerprint density at radius 3 is 2.82 bits per heavy atom. The molecule has 28 heavy (non-hydrogen) atoms. The Morgan fingerprint density at radius 2 is 2.04 bits per heavy atom. The number of halogens is 1. The number of imidazole rings is 1. The average molecular weight is 381 g/mol. The number of nitrogens with one attached hydrogen (secondary N) is 1. The van der Waals surface area contributed by atoms with Crippen LogP contribution in [0.2, 0.25) is 0 Å². The maximum absolute atomic E-state index is 14.0. The lowest BCUT2D eigenvalue weighted by atomic mass is 9.95. The van der Waals surface area contributed by atoms with Crippen molar-refractivity contribution in [2.75, 3.05) is 25.6 Å². The minimum atomic E-state index is -0.561. The number of carbonyl (C=O) groups is 1. The van der Waals surface area contributed by atoms with Crippen molar-refractivity contribution in [1.29, 1.82) is 0 Å². The number of aromatic nitrogens is 2. The fraction of sp³-hybridized carbons (Fsp3) is 0.238. The van der Waals surface area contributed by atoms with Gasteiger partial charge in [0, 0.05) is 12.8 Å². The monoisotopic (exact) mass is 381 g/mol. The first-order chi connectivity index (χ1) is 13.6. The molecular weight excluding hydrogens is 361 g/mol. The van der Waals surface area contributed by atoms with Gasteiger partial charge >= 0.3 is 5.97 Å². The van der Waals surface area contributed by atoms with Crippen LogP contribution in [-0.2, 0) is 14.3 Å². The second-order valence-corrected chi connectivity index (χ2v) is 6.54. The largest absolute Gasteiger partial charge is 0.460 e. The molecule has 0 bridgehead atoms. The molecule has 1 aromatic heterocycles. The fourth-order valence-electron chi connectivity index (χ4n) is 3.52. The van der Waals surface area contributed by atoms with Gasteiger partial charge in [-0.3, -0.25) is 4.57 Å². The van der Waals surface area contributed by atoms with E-state index in [2.05, 4.69) is 10.3 Å². The molecule has 1 atom stereocenters. The van der Waals surface area contributed by atoms with Crippen molar-refractivity contribution in [2.24, 2.45) is 0 Å². The van der Waals surface area contributed by atoms with E-state index in [-0.39, 0.29) is 12.4 Å². The van der Waals surface area contributed by atoms with Crippen LogP contribution in [-0.4, -0.2) is 35.8 Å². The zero-order valence-electron chi connectivity index (χ0n) is 15.6. The van der Waals surface area contributed by atoms with Crippen LogP contribution in [0, 0.1) is 5.82 Å². The van der Waals surface area contributed by atoms with E-state index < -0.39 is 12.0 Å². The SMILES string of the molecule is COCCOC(=O)C1=C(C)Nc2nc3ccccc3n2[C@@H]1c1cccc(F)c1. The van der Waals surface area contributed by atoms with Crippen LogP contribution < -0.4 is 5.32 Å². The molecule has 0 spiro atoms. The summed E-state index contributed by atoms with van der Waals surface area (Å²) in [5, 5.41) is 3.19. The van der Waals surface area contributed by atoms with Crippen molar-refractivity contribution in [3.63, 3.8) is 0 Å². The summed E-state index contributed by atoms with van der Waals surface area (Å²) < 4.78 is 26.3. The van der Waals surface area contributed by atoms with Crippen LogP contribution in [0.5, 0.6) is 0 Å². The molecule has 1 N–H and O–H groups in total. The molecule has 0 amide bonds. The van der Waals surface area contributed by atoms with Gasteiger partial charge in [0.05, 0.1) is 29.3 Å². The van der Waals surface area contributed by atoms with Crippen LogP contribution in [0.4, 0.5) is 10.3 Å². The van der Waals surface area contributed by atoms with Gasteiger partial charge in [-0.1, -0.05) is 24.3 Å². The topological polar surface area (TPSA) is 65.4 Å². The molecule has 0 saturated heterocycles. The Balaban J connectivity index is 1.88. The Morgan fingerprint density at radius 1 is 1.21 bits per heavy atom. The van der Waals surface area contributed by atoms with Crippen molar-refractivity contribution >= 4 is 23.0 Å². The maximum atomic E-state index is 14.0. The van der Waals surface area contributed by atoms with Crippen molar-refractivity contribution in [1.82, 2.24) is 9.55 Å². The van der Waals surface area contributed by atoms with Crippen molar-refractivity contribution < 1.29 is 18.7 Å². The predicted octanol–water partition coefficient (Wildman–Crippen LogP) is 3.65. The molecule has 0 radical (unpaired) electrons. The normalized spacial score (nSPS) is 16.0. The second kappa shape index (κ2) is 7.44. The minimum Gasteiger partial charge on any atom is -0.460 e. The van der Waals surface area contributed by atoms with Gasteiger partial charge in [0.2, 0.25) is 5.95 Å². The number of hydrogen-bond acceptors (Lipinski definition) is 5. The van der Waals surface area contributed by atoms with Crippen molar-refractivity contribution in [2.45, 2.75) is 13.0 Å². The number of hydrogen-bond donors (Lipinski definition) is 1. The van der Waals surface area contributed by atoms with E-state index in [0.717, 1.165) is 11.0 Å². The molecule has 2 aromatic carbocycles. The molecule has 0 aliphatic carbocycles. The van der Waals surface area contributed by atoms with Crippen LogP contribution in [0.3, 0.4) is 0 Å². The number of carbonyl (C=O) groups excluding carboxylic acids is 1. The number of para-hydroxylation sites is 2. The molecule has 4 rings (SSSR count). The first-order valence-corrected chi connectivity index (χ1v) is 8.96. The van der Waals surface area contributed by atoms with Crippen LogP contribution in [0.15, 0.2) is 59.8 Å². The Labute approximate surface area is 161 Å². The van der Waals surface area contributed by atoms with Gasteiger partial charge in [0.15, 0.2) is 0 Å². The van der Waals surface area contributed by atoms with E-state index in [9.17, 15) is 9.18 Å². The highest BCUT2D eigenvalue weighted by Crippen LogP contribution is 2.39. The molecule has 3 aromatic rings. The maximum Gasteiger partial charge on any atom is 0.338 e. The van der Waals surface area contributed by atoms with Gasteiger partial charge in [0.1, 0.15) is 12.4 Å². The highest BCUT2D eigenvalue weighted by molar-refractivity contribution is 5.94. The summed E-state index contributed by atoms with van der Waals surface area (Å²) in [4.78, 5) is 17.5. The number of rotatable bonds is 5. The highest BCUT2D eigenvalue weighted by Gasteiger charge is 2.35. The minimum absolute atomic E-state index is 0.138. The second-order valence-electron chi connectivity index (χ2n) is 6.54. The molecule has 0 fully saturated rings. The zero-order valence-corrected chi connectivity index (χ0v) is 15.6. The summed E-state index contributed by atoms with van der Waals surface area (Å²) in [5.41, 5.74) is 3.31. The number of allylic oxidation sites excluding steroid dienone is 1.